The summed E-state index contributed by atoms with van der Waals surface area (Å²) in [4.78, 5) is 34.1. The van der Waals surface area contributed by atoms with Crippen molar-refractivity contribution in [1.29, 1.82) is 0 Å². The lowest BCUT2D eigenvalue weighted by Crippen LogP contribution is -2.45. The summed E-state index contributed by atoms with van der Waals surface area (Å²) in [5.41, 5.74) is 12.7. The molecule has 2 aromatic rings. The fourth-order valence-electron chi connectivity index (χ4n) is 6.17. The van der Waals surface area contributed by atoms with Crippen molar-refractivity contribution in [2.45, 2.75) is 31.3 Å². The van der Waals surface area contributed by atoms with Gasteiger partial charge in [-0.15, -0.1) is 0 Å². The molecule has 5 atom stereocenters. The molecule has 3 unspecified atom stereocenters. The van der Waals surface area contributed by atoms with E-state index in [2.05, 4.69) is 38.4 Å². The average Bonchev–Trinajstić information content (AvgIpc) is 3.62. The number of amides is 2. The van der Waals surface area contributed by atoms with Crippen LogP contribution in [-0.2, 0) is 9.59 Å². The monoisotopic (exact) mass is 472 g/mol. The number of hydrogen-bond donors (Lipinski definition) is 3. The molecular formula is C27H32N6O2. The van der Waals surface area contributed by atoms with Crippen molar-refractivity contribution < 1.29 is 9.59 Å². The van der Waals surface area contributed by atoms with Gasteiger partial charge in [0.1, 0.15) is 0 Å². The highest BCUT2D eigenvalue weighted by atomic mass is 16.2. The van der Waals surface area contributed by atoms with E-state index < -0.39 is 0 Å². The van der Waals surface area contributed by atoms with Crippen LogP contribution >= 0.6 is 0 Å². The first-order valence-electron chi connectivity index (χ1n) is 12.7. The number of nitrogens with one attached hydrogen (secondary N) is 3. The van der Waals surface area contributed by atoms with E-state index in [-0.39, 0.29) is 11.8 Å². The first kappa shape index (κ1) is 22.4. The molecule has 182 valence electrons. The molecule has 3 aliphatic heterocycles. The number of benzene rings is 1. The summed E-state index contributed by atoms with van der Waals surface area (Å²) in [6.07, 6.45) is 9.99. The second-order valence-electron chi connectivity index (χ2n) is 10.3. The molecule has 3 N–H and O–H groups in total. The Hall–Kier alpha value is -3.07. The number of fused-ring (bicyclic) bond motifs is 2. The summed E-state index contributed by atoms with van der Waals surface area (Å²) >= 11 is 0. The predicted molar refractivity (Wildman–Crippen MR) is 133 cm³/mol. The summed E-state index contributed by atoms with van der Waals surface area (Å²) < 4.78 is 0. The summed E-state index contributed by atoms with van der Waals surface area (Å²) in [6.45, 7) is 3.04. The molecule has 4 fully saturated rings. The molecule has 1 aromatic heterocycles. The van der Waals surface area contributed by atoms with Crippen LogP contribution in [0.1, 0.15) is 24.8 Å². The third-order valence-electron chi connectivity index (χ3n) is 8.17. The van der Waals surface area contributed by atoms with Crippen molar-refractivity contribution in [1.82, 2.24) is 31.2 Å². The van der Waals surface area contributed by atoms with Gasteiger partial charge in [-0.25, -0.2) is 10.9 Å². The number of carbonyl (C=O) groups excluding carboxylic acids is 2. The van der Waals surface area contributed by atoms with Gasteiger partial charge in [0, 0.05) is 74.5 Å². The van der Waals surface area contributed by atoms with E-state index in [9.17, 15) is 9.59 Å². The lowest BCUT2D eigenvalue weighted by molar-refractivity contribution is -0.136. The van der Waals surface area contributed by atoms with Crippen LogP contribution in [0, 0.1) is 17.8 Å². The van der Waals surface area contributed by atoms with E-state index >= 15 is 0 Å². The Morgan fingerprint density at radius 1 is 0.829 bits per heavy atom. The molecule has 4 aliphatic rings. The number of hydrogen-bond acceptors (Lipinski definition) is 6. The molecule has 8 heteroatoms. The quantitative estimate of drug-likeness (QED) is 0.589. The maximum Gasteiger partial charge on any atom is 0.246 e. The van der Waals surface area contributed by atoms with Gasteiger partial charge >= 0.3 is 0 Å². The number of pyridine rings is 1. The molecule has 35 heavy (non-hydrogen) atoms. The van der Waals surface area contributed by atoms with E-state index in [0.29, 0.717) is 29.8 Å². The molecule has 1 aliphatic carbocycles. The second-order valence-corrected chi connectivity index (χ2v) is 10.3. The average molecular weight is 473 g/mol. The van der Waals surface area contributed by atoms with Crippen LogP contribution in [0.5, 0.6) is 0 Å². The third-order valence-corrected chi connectivity index (χ3v) is 8.17. The molecule has 0 bridgehead atoms. The van der Waals surface area contributed by atoms with E-state index in [1.54, 1.807) is 18.5 Å². The highest BCUT2D eigenvalue weighted by molar-refractivity contribution is 5.92. The SMILES string of the molecule is O=C(/C=C/c1ccc(-c2ccncc2)cc1)N1C[C@@H]2CN(C(=O)C3CCC4NNNC4C3)C[C@H]2C1. The van der Waals surface area contributed by atoms with Crippen LogP contribution < -0.4 is 16.4 Å². The van der Waals surface area contributed by atoms with Crippen molar-refractivity contribution in [3.05, 3.63) is 60.4 Å². The maximum absolute atomic E-state index is 13.2. The molecule has 2 amide bonds. The molecule has 8 nitrogen and oxygen atoms in total. The highest BCUT2D eigenvalue weighted by Gasteiger charge is 2.45. The molecule has 0 radical (unpaired) electrons. The number of rotatable bonds is 4. The van der Waals surface area contributed by atoms with E-state index in [1.807, 2.05) is 35.2 Å². The first-order valence-corrected chi connectivity index (χ1v) is 12.7. The van der Waals surface area contributed by atoms with Gasteiger partial charge in [0.2, 0.25) is 11.8 Å². The fraction of sp³-hybridized carbons (Fsp3) is 0.444. The number of hydrazine groups is 2. The lowest BCUT2D eigenvalue weighted by atomic mass is 9.82. The number of likely N-dealkylation sites (tertiary alicyclic amines) is 2. The zero-order chi connectivity index (χ0) is 23.8. The third kappa shape index (κ3) is 4.61. The lowest BCUT2D eigenvalue weighted by Gasteiger charge is -2.32. The highest BCUT2D eigenvalue weighted by Crippen LogP contribution is 2.34. The van der Waals surface area contributed by atoms with Gasteiger partial charge in [-0.3, -0.25) is 14.6 Å². The molecule has 3 saturated heterocycles. The van der Waals surface area contributed by atoms with Crippen LogP contribution in [-0.4, -0.2) is 64.9 Å². The molecule has 4 heterocycles. The minimum Gasteiger partial charge on any atom is -0.342 e. The summed E-state index contributed by atoms with van der Waals surface area (Å²) in [7, 11) is 0. The smallest absolute Gasteiger partial charge is 0.246 e. The van der Waals surface area contributed by atoms with Crippen LogP contribution in [0.3, 0.4) is 0 Å². The van der Waals surface area contributed by atoms with Crippen LogP contribution in [0.25, 0.3) is 17.2 Å². The molecule has 0 spiro atoms. The maximum atomic E-state index is 13.2. The molecular weight excluding hydrogens is 440 g/mol. The zero-order valence-electron chi connectivity index (χ0n) is 19.8. The molecule has 1 saturated carbocycles. The van der Waals surface area contributed by atoms with Crippen molar-refractivity contribution in [3.63, 3.8) is 0 Å². The number of nitrogens with zero attached hydrogens (tertiary/aromatic N) is 3. The molecule has 1 aromatic carbocycles. The van der Waals surface area contributed by atoms with Crippen LogP contribution in [0.4, 0.5) is 0 Å². The minimum absolute atomic E-state index is 0.0566. The van der Waals surface area contributed by atoms with Crippen molar-refractivity contribution in [3.8, 4) is 11.1 Å². The Morgan fingerprint density at radius 3 is 2.23 bits per heavy atom. The normalized spacial score (nSPS) is 30.0. The second kappa shape index (κ2) is 9.53. The number of aromatic nitrogens is 1. The van der Waals surface area contributed by atoms with Crippen LogP contribution in [0.15, 0.2) is 54.9 Å². The van der Waals surface area contributed by atoms with E-state index in [1.165, 1.54) is 0 Å². The first-order chi connectivity index (χ1) is 17.1. The largest absolute Gasteiger partial charge is 0.342 e. The number of carbonyl (C=O) groups is 2. The van der Waals surface area contributed by atoms with Crippen LogP contribution in [0.2, 0.25) is 0 Å². The van der Waals surface area contributed by atoms with E-state index in [0.717, 1.165) is 62.1 Å². The van der Waals surface area contributed by atoms with Gasteiger partial charge < -0.3 is 9.80 Å². The Labute approximate surface area is 205 Å². The topological polar surface area (TPSA) is 89.6 Å². The summed E-state index contributed by atoms with van der Waals surface area (Å²) in [5, 5.41) is 0. The van der Waals surface area contributed by atoms with Gasteiger partial charge in [-0.05, 0) is 54.2 Å². The van der Waals surface area contributed by atoms with Crippen molar-refractivity contribution >= 4 is 17.9 Å². The predicted octanol–water partition coefficient (Wildman–Crippen LogP) is 1.83. The Kier molecular flexibility index (Phi) is 6.10. The van der Waals surface area contributed by atoms with Crippen molar-refractivity contribution in [2.24, 2.45) is 17.8 Å². The van der Waals surface area contributed by atoms with Gasteiger partial charge in [-0.1, -0.05) is 24.3 Å². The van der Waals surface area contributed by atoms with E-state index in [4.69, 9.17) is 0 Å². The van der Waals surface area contributed by atoms with Gasteiger partial charge in [0.05, 0.1) is 0 Å². The zero-order valence-corrected chi connectivity index (χ0v) is 19.8. The Morgan fingerprint density at radius 2 is 1.49 bits per heavy atom. The van der Waals surface area contributed by atoms with Crippen molar-refractivity contribution in [2.75, 3.05) is 26.2 Å². The minimum atomic E-state index is 0.0566. The van der Waals surface area contributed by atoms with Gasteiger partial charge in [-0.2, -0.15) is 5.53 Å². The Bertz CT molecular complexity index is 1090. The summed E-state index contributed by atoms with van der Waals surface area (Å²) in [5.74, 6) is 1.25. The van der Waals surface area contributed by atoms with Gasteiger partial charge in [0.25, 0.3) is 0 Å². The Balaban J connectivity index is 1.00. The molecule has 6 rings (SSSR count). The standard InChI is InChI=1S/C27H32N6O2/c34-26(8-3-18-1-4-19(5-2-18)20-9-11-28-12-10-20)32-14-22-16-33(17-23(22)15-32)27(35)21-6-7-24-25(13-21)30-31-29-24/h1-5,8-12,21-25,29-31H,6-7,13-17H2/b8-3+/t21?,22-,23-,24?,25?/m1/s1. The van der Waals surface area contributed by atoms with Gasteiger partial charge in [0.15, 0.2) is 0 Å². The summed E-state index contributed by atoms with van der Waals surface area (Å²) in [6, 6.07) is 12.9. The fourth-order valence-corrected chi connectivity index (χ4v) is 6.17.